The molecule has 1 aliphatic carbocycles. The van der Waals surface area contributed by atoms with Crippen LogP contribution in [0.4, 0.5) is 0 Å². The van der Waals surface area contributed by atoms with E-state index in [4.69, 9.17) is 6.42 Å². The number of hydrogen-bond donors (Lipinski definition) is 1. The number of hydrogen-bond acceptors (Lipinski definition) is 1. The zero-order valence-corrected chi connectivity index (χ0v) is 9.65. The summed E-state index contributed by atoms with van der Waals surface area (Å²) in [6.07, 6.45) is 10.7. The van der Waals surface area contributed by atoms with Gasteiger partial charge in [0.15, 0.2) is 0 Å². The number of nitrogens with one attached hydrogen (secondary N) is 1. The summed E-state index contributed by atoms with van der Waals surface area (Å²) in [4.78, 5) is 0. The molecule has 1 atom stereocenters. The zero-order valence-electron chi connectivity index (χ0n) is 9.65. The van der Waals surface area contributed by atoms with Crippen LogP contribution >= 0.6 is 0 Å². The van der Waals surface area contributed by atoms with Crippen LogP contribution in [-0.2, 0) is 0 Å². The van der Waals surface area contributed by atoms with Crippen molar-refractivity contribution in [2.24, 2.45) is 5.92 Å². The van der Waals surface area contributed by atoms with Gasteiger partial charge in [0.25, 0.3) is 0 Å². The zero-order chi connectivity index (χ0) is 11.2. The second-order valence-electron chi connectivity index (χ2n) is 4.58. The monoisotopic (exact) mass is 213 g/mol. The third kappa shape index (κ3) is 2.87. The predicted octanol–water partition coefficient (Wildman–Crippen LogP) is 3.14. The Hall–Kier alpha value is -1.26. The molecule has 0 radical (unpaired) electrons. The van der Waals surface area contributed by atoms with Gasteiger partial charge in [-0.3, -0.25) is 5.32 Å². The lowest BCUT2D eigenvalue weighted by Crippen LogP contribution is -2.26. The Morgan fingerprint density at radius 3 is 2.62 bits per heavy atom. The van der Waals surface area contributed by atoms with E-state index in [1.807, 2.05) is 0 Å². The molecule has 1 fully saturated rings. The van der Waals surface area contributed by atoms with E-state index in [-0.39, 0.29) is 0 Å². The van der Waals surface area contributed by atoms with Gasteiger partial charge in [0, 0.05) is 6.04 Å². The van der Waals surface area contributed by atoms with Crippen molar-refractivity contribution in [3.8, 4) is 12.3 Å². The summed E-state index contributed by atoms with van der Waals surface area (Å²) in [5.41, 5.74) is 1.37. The van der Waals surface area contributed by atoms with Crippen LogP contribution in [0.3, 0.4) is 0 Å². The van der Waals surface area contributed by atoms with E-state index in [1.165, 1.54) is 31.2 Å². The number of benzene rings is 1. The molecular weight excluding hydrogens is 194 g/mol. The lowest BCUT2D eigenvalue weighted by molar-refractivity contribution is 0.264. The van der Waals surface area contributed by atoms with Crippen LogP contribution in [0.2, 0.25) is 0 Å². The molecule has 0 spiro atoms. The van der Waals surface area contributed by atoms with E-state index in [1.54, 1.807) is 0 Å². The molecule has 1 aromatic carbocycles. The van der Waals surface area contributed by atoms with Crippen molar-refractivity contribution in [1.82, 2.24) is 5.32 Å². The molecule has 0 aromatic heterocycles. The SMILES string of the molecule is C#CCNC(CC1CCC1)c1ccccc1. The predicted molar refractivity (Wildman–Crippen MR) is 68.0 cm³/mol. The molecule has 1 saturated carbocycles. The summed E-state index contributed by atoms with van der Waals surface area (Å²) in [6, 6.07) is 11.1. The standard InChI is InChI=1S/C15H19N/c1-2-11-16-15(12-13-7-6-8-13)14-9-4-3-5-10-14/h1,3-5,9-10,13,15-16H,6-8,11-12H2. The quantitative estimate of drug-likeness (QED) is 0.741. The van der Waals surface area contributed by atoms with Gasteiger partial charge in [-0.1, -0.05) is 55.5 Å². The van der Waals surface area contributed by atoms with Crippen molar-refractivity contribution in [3.63, 3.8) is 0 Å². The Morgan fingerprint density at radius 2 is 2.06 bits per heavy atom. The van der Waals surface area contributed by atoms with Crippen LogP contribution in [0, 0.1) is 18.3 Å². The van der Waals surface area contributed by atoms with Crippen molar-refractivity contribution >= 4 is 0 Å². The highest BCUT2D eigenvalue weighted by atomic mass is 14.9. The molecule has 0 amide bonds. The molecular formula is C15H19N. The highest BCUT2D eigenvalue weighted by molar-refractivity contribution is 5.19. The highest BCUT2D eigenvalue weighted by Gasteiger charge is 2.22. The molecule has 1 N–H and O–H groups in total. The van der Waals surface area contributed by atoms with Gasteiger partial charge in [-0.15, -0.1) is 6.42 Å². The first kappa shape index (κ1) is 11.2. The molecule has 1 aliphatic rings. The van der Waals surface area contributed by atoms with E-state index in [9.17, 15) is 0 Å². The van der Waals surface area contributed by atoms with Crippen LogP contribution in [0.15, 0.2) is 30.3 Å². The van der Waals surface area contributed by atoms with Crippen molar-refractivity contribution in [2.45, 2.75) is 31.7 Å². The average molecular weight is 213 g/mol. The van der Waals surface area contributed by atoms with Crippen molar-refractivity contribution in [3.05, 3.63) is 35.9 Å². The van der Waals surface area contributed by atoms with Gasteiger partial charge in [-0.05, 0) is 17.9 Å². The first-order chi connectivity index (χ1) is 7.90. The molecule has 0 heterocycles. The Balaban J connectivity index is 1.98. The minimum absolute atomic E-state index is 0.433. The van der Waals surface area contributed by atoms with Crippen LogP contribution < -0.4 is 5.32 Å². The van der Waals surface area contributed by atoms with Gasteiger partial charge in [0.1, 0.15) is 0 Å². The molecule has 0 bridgehead atoms. The minimum atomic E-state index is 0.433. The van der Waals surface area contributed by atoms with Gasteiger partial charge in [0.05, 0.1) is 6.54 Å². The summed E-state index contributed by atoms with van der Waals surface area (Å²) in [7, 11) is 0. The molecule has 1 heteroatoms. The maximum absolute atomic E-state index is 5.32. The summed E-state index contributed by atoms with van der Waals surface area (Å²) in [6.45, 7) is 0.659. The fourth-order valence-electron chi connectivity index (χ4n) is 2.27. The van der Waals surface area contributed by atoms with Crippen molar-refractivity contribution in [2.75, 3.05) is 6.54 Å². The average Bonchev–Trinajstić information content (AvgIpc) is 2.28. The van der Waals surface area contributed by atoms with Crippen molar-refractivity contribution < 1.29 is 0 Å². The topological polar surface area (TPSA) is 12.0 Å². The Kier molecular flexibility index (Phi) is 4.02. The molecule has 84 valence electrons. The first-order valence-corrected chi connectivity index (χ1v) is 6.12. The molecule has 0 aliphatic heterocycles. The lowest BCUT2D eigenvalue weighted by Gasteiger charge is -2.30. The Labute approximate surface area is 98.3 Å². The number of rotatable bonds is 5. The maximum atomic E-state index is 5.32. The second-order valence-corrected chi connectivity index (χ2v) is 4.58. The number of terminal acetylenes is 1. The first-order valence-electron chi connectivity index (χ1n) is 6.12. The molecule has 1 aromatic rings. The largest absolute Gasteiger partial charge is 0.299 e. The summed E-state index contributed by atoms with van der Waals surface area (Å²) in [5.74, 6) is 3.56. The molecule has 2 rings (SSSR count). The smallest absolute Gasteiger partial charge is 0.0578 e. The molecule has 1 nitrogen and oxygen atoms in total. The van der Waals surface area contributed by atoms with E-state index in [2.05, 4.69) is 41.6 Å². The van der Waals surface area contributed by atoms with Gasteiger partial charge in [-0.2, -0.15) is 0 Å². The fraction of sp³-hybridized carbons (Fsp3) is 0.467. The summed E-state index contributed by atoms with van der Waals surface area (Å²) >= 11 is 0. The highest BCUT2D eigenvalue weighted by Crippen LogP contribution is 2.34. The van der Waals surface area contributed by atoms with E-state index < -0.39 is 0 Å². The Bertz CT molecular complexity index is 345. The van der Waals surface area contributed by atoms with E-state index in [0.717, 1.165) is 5.92 Å². The van der Waals surface area contributed by atoms with Gasteiger partial charge in [0.2, 0.25) is 0 Å². The molecule has 1 unspecified atom stereocenters. The van der Waals surface area contributed by atoms with Gasteiger partial charge >= 0.3 is 0 Å². The minimum Gasteiger partial charge on any atom is -0.299 e. The summed E-state index contributed by atoms with van der Waals surface area (Å²) < 4.78 is 0. The molecule has 16 heavy (non-hydrogen) atoms. The lowest BCUT2D eigenvalue weighted by atomic mass is 9.79. The van der Waals surface area contributed by atoms with Gasteiger partial charge < -0.3 is 0 Å². The van der Waals surface area contributed by atoms with Crippen molar-refractivity contribution in [1.29, 1.82) is 0 Å². The maximum Gasteiger partial charge on any atom is 0.0578 e. The van der Waals surface area contributed by atoms with Crippen LogP contribution in [0.25, 0.3) is 0 Å². The fourth-order valence-corrected chi connectivity index (χ4v) is 2.27. The Morgan fingerprint density at radius 1 is 1.31 bits per heavy atom. The third-order valence-electron chi connectivity index (χ3n) is 3.45. The second kappa shape index (κ2) is 5.72. The van der Waals surface area contributed by atoms with E-state index >= 15 is 0 Å². The van der Waals surface area contributed by atoms with Crippen LogP contribution in [0.1, 0.15) is 37.3 Å². The van der Waals surface area contributed by atoms with Crippen LogP contribution in [-0.4, -0.2) is 6.54 Å². The van der Waals surface area contributed by atoms with Crippen LogP contribution in [0.5, 0.6) is 0 Å². The van der Waals surface area contributed by atoms with Gasteiger partial charge in [-0.25, -0.2) is 0 Å². The molecule has 0 saturated heterocycles. The van der Waals surface area contributed by atoms with E-state index in [0.29, 0.717) is 12.6 Å². The third-order valence-corrected chi connectivity index (χ3v) is 3.45. The normalized spacial score (nSPS) is 17.4. The summed E-state index contributed by atoms with van der Waals surface area (Å²) in [5, 5.41) is 3.45.